The molecule has 1 aliphatic rings. The summed E-state index contributed by atoms with van der Waals surface area (Å²) in [6, 6.07) is 0. The second-order valence-electron chi connectivity index (χ2n) is 5.17. The van der Waals surface area contributed by atoms with E-state index in [9.17, 15) is 9.59 Å². The molecule has 1 aliphatic heterocycles. The van der Waals surface area contributed by atoms with Gasteiger partial charge in [-0.25, -0.2) is 4.79 Å². The molecule has 1 rings (SSSR count). The third kappa shape index (κ3) is 5.89. The zero-order valence-electron chi connectivity index (χ0n) is 12.7. The van der Waals surface area contributed by atoms with Crippen molar-refractivity contribution in [1.82, 2.24) is 5.32 Å². The minimum Gasteiger partial charge on any atom is -0.463 e. The van der Waals surface area contributed by atoms with Crippen LogP contribution >= 0.6 is 0 Å². The number of nitrogens with one attached hydrogen (secondary N) is 1. The zero-order chi connectivity index (χ0) is 15.7. The van der Waals surface area contributed by atoms with Crippen molar-refractivity contribution in [3.63, 3.8) is 0 Å². The van der Waals surface area contributed by atoms with Crippen LogP contribution in [0.3, 0.4) is 0 Å². The second-order valence-corrected chi connectivity index (χ2v) is 5.17. The maximum absolute atomic E-state index is 12.0. The van der Waals surface area contributed by atoms with E-state index in [0.29, 0.717) is 13.2 Å². The van der Waals surface area contributed by atoms with Crippen molar-refractivity contribution in [3.05, 3.63) is 24.4 Å². The first kappa shape index (κ1) is 17.1. The molecule has 21 heavy (non-hydrogen) atoms. The minimum absolute atomic E-state index is 0.122. The molecule has 6 heteroatoms. The molecule has 116 valence electrons. The number of rotatable bonds is 9. The van der Waals surface area contributed by atoms with E-state index >= 15 is 0 Å². The van der Waals surface area contributed by atoms with Crippen LogP contribution in [-0.2, 0) is 14.3 Å². The predicted octanol–water partition coefficient (Wildman–Crippen LogP) is 2.52. The van der Waals surface area contributed by atoms with Gasteiger partial charge in [0.25, 0.3) is 5.91 Å². The number of carbonyl (C=O) groups excluding carboxylic acids is 2. The first-order valence-corrected chi connectivity index (χ1v) is 7.18. The van der Waals surface area contributed by atoms with Gasteiger partial charge in [0.15, 0.2) is 5.54 Å². The van der Waals surface area contributed by atoms with Crippen molar-refractivity contribution in [2.45, 2.75) is 45.1 Å². The number of azo groups is 1. The van der Waals surface area contributed by atoms with Gasteiger partial charge in [-0.15, -0.1) is 0 Å². The van der Waals surface area contributed by atoms with Gasteiger partial charge in [-0.3, -0.25) is 4.79 Å². The number of unbranched alkanes of at least 4 members (excludes halogenated alkanes) is 3. The lowest BCUT2D eigenvalue weighted by Crippen LogP contribution is -2.41. The van der Waals surface area contributed by atoms with Crippen LogP contribution in [0.4, 0.5) is 0 Å². The molecule has 0 saturated carbocycles. The van der Waals surface area contributed by atoms with Gasteiger partial charge in [0, 0.05) is 12.6 Å². The van der Waals surface area contributed by atoms with Crippen molar-refractivity contribution in [1.29, 1.82) is 0 Å². The van der Waals surface area contributed by atoms with E-state index in [4.69, 9.17) is 4.74 Å². The van der Waals surface area contributed by atoms with E-state index in [-0.39, 0.29) is 11.9 Å². The fourth-order valence-electron chi connectivity index (χ4n) is 1.95. The van der Waals surface area contributed by atoms with Gasteiger partial charge in [-0.1, -0.05) is 13.0 Å². The number of allylic oxidation sites excluding steroid dienone is 1. The molecule has 0 spiro atoms. The minimum atomic E-state index is -0.858. The van der Waals surface area contributed by atoms with Crippen LogP contribution in [0.2, 0.25) is 0 Å². The fraction of sp³-hybridized carbons (Fsp3) is 0.600. The van der Waals surface area contributed by atoms with Gasteiger partial charge in [-0.2, -0.15) is 10.2 Å². The lowest BCUT2D eigenvalue weighted by molar-refractivity contribution is -0.137. The van der Waals surface area contributed by atoms with E-state index in [1.54, 1.807) is 13.0 Å². The molecule has 0 aromatic carbocycles. The summed E-state index contributed by atoms with van der Waals surface area (Å²) in [5, 5.41) is 10.7. The fourth-order valence-corrected chi connectivity index (χ4v) is 1.95. The SMILES string of the molecule is C=CC(=O)OCCCCCCNC(=O)C1(C)C=C(C)N=N1. The molecule has 1 unspecified atom stereocenters. The van der Waals surface area contributed by atoms with Crippen LogP contribution in [0.25, 0.3) is 0 Å². The van der Waals surface area contributed by atoms with E-state index in [0.717, 1.165) is 37.5 Å². The number of nitrogens with zero attached hydrogens (tertiary/aromatic N) is 2. The maximum Gasteiger partial charge on any atom is 0.330 e. The summed E-state index contributed by atoms with van der Waals surface area (Å²) in [6.07, 6.45) is 6.55. The number of ether oxygens (including phenoxy) is 1. The molecule has 0 aromatic rings. The molecule has 0 saturated heterocycles. The third-order valence-corrected chi connectivity index (χ3v) is 3.13. The Balaban J connectivity index is 2.05. The Bertz CT molecular complexity index is 457. The van der Waals surface area contributed by atoms with Crippen molar-refractivity contribution in [2.24, 2.45) is 10.2 Å². The van der Waals surface area contributed by atoms with Gasteiger partial charge in [0.2, 0.25) is 0 Å². The Morgan fingerprint density at radius 2 is 2.10 bits per heavy atom. The Kier molecular flexibility index (Phi) is 6.78. The number of esters is 1. The Labute approximate surface area is 125 Å². The van der Waals surface area contributed by atoms with Crippen molar-refractivity contribution in [3.8, 4) is 0 Å². The molecule has 0 aromatic heterocycles. The maximum atomic E-state index is 12.0. The van der Waals surface area contributed by atoms with Crippen LogP contribution in [0, 0.1) is 0 Å². The van der Waals surface area contributed by atoms with E-state index < -0.39 is 5.54 Å². The average Bonchev–Trinajstić information content (AvgIpc) is 2.82. The van der Waals surface area contributed by atoms with E-state index in [1.807, 2.05) is 6.92 Å². The normalized spacial score (nSPS) is 20.0. The Morgan fingerprint density at radius 1 is 1.38 bits per heavy atom. The van der Waals surface area contributed by atoms with Crippen molar-refractivity contribution < 1.29 is 14.3 Å². The van der Waals surface area contributed by atoms with Crippen LogP contribution in [-0.4, -0.2) is 30.6 Å². The molecule has 1 heterocycles. The molecule has 1 amide bonds. The van der Waals surface area contributed by atoms with Gasteiger partial charge in [0.1, 0.15) is 0 Å². The zero-order valence-corrected chi connectivity index (χ0v) is 12.7. The van der Waals surface area contributed by atoms with Gasteiger partial charge >= 0.3 is 5.97 Å². The van der Waals surface area contributed by atoms with Crippen LogP contribution in [0.5, 0.6) is 0 Å². The highest BCUT2D eigenvalue weighted by Gasteiger charge is 2.33. The van der Waals surface area contributed by atoms with Crippen LogP contribution < -0.4 is 5.32 Å². The number of hydrogen-bond donors (Lipinski definition) is 1. The lowest BCUT2D eigenvalue weighted by atomic mass is 10.0. The summed E-state index contributed by atoms with van der Waals surface area (Å²) in [5.41, 5.74) is -0.0927. The van der Waals surface area contributed by atoms with Gasteiger partial charge in [-0.05, 0) is 39.2 Å². The number of carbonyl (C=O) groups is 2. The predicted molar refractivity (Wildman–Crippen MR) is 79.7 cm³/mol. The first-order valence-electron chi connectivity index (χ1n) is 7.18. The molecular weight excluding hydrogens is 270 g/mol. The summed E-state index contributed by atoms with van der Waals surface area (Å²) in [5.74, 6) is -0.507. The molecule has 1 N–H and O–H groups in total. The summed E-state index contributed by atoms with van der Waals surface area (Å²) in [6.45, 7) is 7.92. The number of amides is 1. The third-order valence-electron chi connectivity index (χ3n) is 3.13. The average molecular weight is 293 g/mol. The largest absolute Gasteiger partial charge is 0.463 e. The highest BCUT2D eigenvalue weighted by Crippen LogP contribution is 2.23. The Hall–Kier alpha value is -1.98. The van der Waals surface area contributed by atoms with Crippen LogP contribution in [0.15, 0.2) is 34.7 Å². The quantitative estimate of drug-likeness (QED) is 0.403. The molecule has 0 aliphatic carbocycles. The molecule has 0 fully saturated rings. The molecule has 0 radical (unpaired) electrons. The molecule has 0 bridgehead atoms. The molecule has 6 nitrogen and oxygen atoms in total. The van der Waals surface area contributed by atoms with Gasteiger partial charge in [0.05, 0.1) is 12.3 Å². The Morgan fingerprint density at radius 3 is 2.71 bits per heavy atom. The second kappa shape index (κ2) is 8.34. The van der Waals surface area contributed by atoms with E-state index in [2.05, 4.69) is 22.1 Å². The summed E-state index contributed by atoms with van der Waals surface area (Å²) in [7, 11) is 0. The topological polar surface area (TPSA) is 80.1 Å². The van der Waals surface area contributed by atoms with E-state index in [1.165, 1.54) is 0 Å². The highest BCUT2D eigenvalue weighted by atomic mass is 16.5. The van der Waals surface area contributed by atoms with Gasteiger partial charge < -0.3 is 10.1 Å². The highest BCUT2D eigenvalue weighted by molar-refractivity contribution is 5.88. The monoisotopic (exact) mass is 293 g/mol. The standard InChI is InChI=1S/C15H23N3O3/c1-4-13(19)21-10-8-6-5-7-9-16-14(20)15(3)11-12(2)17-18-15/h4,11H,1,5-10H2,2-3H3,(H,16,20). The number of hydrogen-bond acceptors (Lipinski definition) is 5. The summed E-state index contributed by atoms with van der Waals surface area (Å²) >= 11 is 0. The first-order chi connectivity index (χ1) is 9.98. The smallest absolute Gasteiger partial charge is 0.330 e. The lowest BCUT2D eigenvalue weighted by Gasteiger charge is -2.15. The van der Waals surface area contributed by atoms with Crippen molar-refractivity contribution in [2.75, 3.05) is 13.2 Å². The van der Waals surface area contributed by atoms with Crippen LogP contribution in [0.1, 0.15) is 39.5 Å². The van der Waals surface area contributed by atoms with Crippen molar-refractivity contribution >= 4 is 11.9 Å². The summed E-state index contributed by atoms with van der Waals surface area (Å²) in [4.78, 5) is 22.8. The molecular formula is C15H23N3O3. The molecule has 1 atom stereocenters. The summed E-state index contributed by atoms with van der Waals surface area (Å²) < 4.78 is 4.87.